The van der Waals surface area contributed by atoms with Crippen LogP contribution < -0.4 is 15.5 Å². The first kappa shape index (κ1) is 17.7. The number of quaternary nitrogens is 1. The van der Waals surface area contributed by atoms with E-state index in [9.17, 15) is 14.4 Å². The molecule has 0 aromatic carbocycles. The minimum Gasteiger partial charge on any atom is -0.335 e. The van der Waals surface area contributed by atoms with E-state index in [4.69, 9.17) is 0 Å². The second-order valence-electron chi connectivity index (χ2n) is 6.68. The fourth-order valence-corrected chi connectivity index (χ4v) is 3.42. The first-order valence-corrected chi connectivity index (χ1v) is 8.69. The van der Waals surface area contributed by atoms with Gasteiger partial charge in [-0.05, 0) is 19.8 Å². The van der Waals surface area contributed by atoms with E-state index >= 15 is 0 Å². The Hall–Kier alpha value is -1.63. The van der Waals surface area contributed by atoms with Gasteiger partial charge in [0.2, 0.25) is 5.91 Å². The second kappa shape index (κ2) is 8.29. The zero-order chi connectivity index (χ0) is 16.8. The maximum absolute atomic E-state index is 12.2. The molecule has 1 aliphatic heterocycles. The summed E-state index contributed by atoms with van der Waals surface area (Å²) in [5, 5.41) is 5.36. The molecule has 2 rings (SSSR count). The van der Waals surface area contributed by atoms with E-state index in [0.29, 0.717) is 13.1 Å². The van der Waals surface area contributed by atoms with E-state index in [2.05, 4.69) is 10.6 Å². The lowest BCUT2D eigenvalue weighted by molar-refractivity contribution is -0.917. The Labute approximate surface area is 137 Å². The molecule has 0 radical (unpaired) electrons. The SMILES string of the molecule is CC(=O)N1CC[NH+]([C@@H](C)C(=O)NC(=O)NC2CCCCC2)CC1. The Balaban J connectivity index is 1.74. The Bertz CT molecular complexity index is 441. The normalized spacial score (nSPS) is 21.6. The van der Waals surface area contributed by atoms with E-state index in [1.807, 2.05) is 6.92 Å². The molecule has 0 unspecified atom stereocenters. The predicted octanol–water partition coefficient (Wildman–Crippen LogP) is -0.720. The number of hydrogen-bond donors (Lipinski definition) is 3. The quantitative estimate of drug-likeness (QED) is 0.640. The van der Waals surface area contributed by atoms with Crippen molar-refractivity contribution in [2.24, 2.45) is 0 Å². The molecule has 0 bridgehead atoms. The van der Waals surface area contributed by atoms with Crippen LogP contribution in [0.3, 0.4) is 0 Å². The maximum atomic E-state index is 12.2. The fraction of sp³-hybridized carbons (Fsp3) is 0.812. The van der Waals surface area contributed by atoms with Gasteiger partial charge >= 0.3 is 6.03 Å². The number of rotatable bonds is 3. The predicted molar refractivity (Wildman–Crippen MR) is 86.0 cm³/mol. The highest BCUT2D eigenvalue weighted by Gasteiger charge is 2.31. The molecule has 130 valence electrons. The number of carbonyl (C=O) groups excluding carboxylic acids is 3. The van der Waals surface area contributed by atoms with Crippen molar-refractivity contribution in [1.82, 2.24) is 15.5 Å². The number of imide groups is 1. The van der Waals surface area contributed by atoms with Gasteiger partial charge in [-0.1, -0.05) is 19.3 Å². The van der Waals surface area contributed by atoms with E-state index in [1.54, 1.807) is 11.8 Å². The molecule has 2 fully saturated rings. The van der Waals surface area contributed by atoms with Gasteiger partial charge < -0.3 is 15.1 Å². The zero-order valence-electron chi connectivity index (χ0n) is 14.2. The topological polar surface area (TPSA) is 83.0 Å². The number of urea groups is 1. The van der Waals surface area contributed by atoms with E-state index in [-0.39, 0.29) is 29.9 Å². The van der Waals surface area contributed by atoms with Gasteiger partial charge in [0, 0.05) is 13.0 Å². The number of carbonyl (C=O) groups is 3. The highest BCUT2D eigenvalue weighted by atomic mass is 16.2. The second-order valence-corrected chi connectivity index (χ2v) is 6.68. The molecule has 7 nitrogen and oxygen atoms in total. The van der Waals surface area contributed by atoms with Crippen molar-refractivity contribution in [3.05, 3.63) is 0 Å². The summed E-state index contributed by atoms with van der Waals surface area (Å²) in [6.07, 6.45) is 5.50. The molecule has 1 saturated carbocycles. The molecule has 1 atom stereocenters. The Morgan fingerprint density at radius 1 is 1.09 bits per heavy atom. The van der Waals surface area contributed by atoms with Crippen LogP contribution in [0.25, 0.3) is 0 Å². The highest BCUT2D eigenvalue weighted by Crippen LogP contribution is 2.17. The minimum absolute atomic E-state index is 0.0769. The number of nitrogens with one attached hydrogen (secondary N) is 3. The first-order chi connectivity index (χ1) is 11.0. The van der Waals surface area contributed by atoms with Crippen molar-refractivity contribution >= 4 is 17.8 Å². The van der Waals surface area contributed by atoms with E-state index in [0.717, 1.165) is 43.7 Å². The Kier molecular flexibility index (Phi) is 6.38. The highest BCUT2D eigenvalue weighted by molar-refractivity contribution is 5.96. The molecule has 1 aliphatic carbocycles. The third-order valence-corrected chi connectivity index (χ3v) is 5.03. The van der Waals surface area contributed by atoms with Crippen LogP contribution >= 0.6 is 0 Å². The average Bonchev–Trinajstić information content (AvgIpc) is 2.55. The van der Waals surface area contributed by atoms with Crippen LogP contribution in [0.4, 0.5) is 4.79 Å². The molecular weight excluding hydrogens is 296 g/mol. The molecule has 0 aromatic heterocycles. The summed E-state index contributed by atoms with van der Waals surface area (Å²) in [6, 6.07) is -0.477. The number of piperazine rings is 1. The molecule has 1 heterocycles. The van der Waals surface area contributed by atoms with Crippen molar-refractivity contribution in [3.8, 4) is 0 Å². The van der Waals surface area contributed by atoms with Crippen LogP contribution in [0, 0.1) is 0 Å². The van der Waals surface area contributed by atoms with Crippen LogP contribution in [0.1, 0.15) is 46.0 Å². The van der Waals surface area contributed by atoms with Gasteiger partial charge in [-0.3, -0.25) is 14.9 Å². The van der Waals surface area contributed by atoms with Crippen LogP contribution in [0.15, 0.2) is 0 Å². The molecule has 7 heteroatoms. The number of amides is 4. The smallest absolute Gasteiger partial charge is 0.321 e. The molecule has 23 heavy (non-hydrogen) atoms. The van der Waals surface area contributed by atoms with Gasteiger partial charge in [0.05, 0.1) is 26.2 Å². The standard InChI is InChI=1S/C16H28N4O3/c1-12(19-8-10-20(11-9-19)13(2)21)15(22)18-16(23)17-14-6-4-3-5-7-14/h12,14H,3-11H2,1-2H3,(H2,17,18,22,23)/p+1/t12-/m0/s1. The minimum atomic E-state index is -0.379. The number of nitrogens with zero attached hydrogens (tertiary/aromatic N) is 1. The van der Waals surface area contributed by atoms with Gasteiger partial charge in [-0.25, -0.2) is 4.79 Å². The lowest BCUT2D eigenvalue weighted by Gasteiger charge is -2.34. The molecule has 1 saturated heterocycles. The van der Waals surface area contributed by atoms with Crippen LogP contribution in [-0.2, 0) is 9.59 Å². The Morgan fingerprint density at radius 3 is 2.26 bits per heavy atom. The monoisotopic (exact) mass is 325 g/mol. The number of hydrogen-bond acceptors (Lipinski definition) is 3. The summed E-state index contributed by atoms with van der Waals surface area (Å²) in [5.74, 6) is -0.169. The molecule has 0 spiro atoms. The van der Waals surface area contributed by atoms with Gasteiger partial charge in [0.25, 0.3) is 5.91 Å². The van der Waals surface area contributed by atoms with Gasteiger partial charge in [0.15, 0.2) is 6.04 Å². The maximum Gasteiger partial charge on any atom is 0.321 e. The van der Waals surface area contributed by atoms with Gasteiger partial charge in [0.1, 0.15) is 0 Å². The summed E-state index contributed by atoms with van der Waals surface area (Å²) in [6.45, 7) is 6.20. The third-order valence-electron chi connectivity index (χ3n) is 5.03. The Morgan fingerprint density at radius 2 is 1.70 bits per heavy atom. The lowest BCUT2D eigenvalue weighted by atomic mass is 9.96. The van der Waals surface area contributed by atoms with Crippen LogP contribution in [-0.4, -0.2) is 61.0 Å². The molecule has 0 aromatic rings. The summed E-state index contributed by atoms with van der Waals surface area (Å²) in [4.78, 5) is 38.4. The molecule has 3 N–H and O–H groups in total. The molecule has 2 aliphatic rings. The van der Waals surface area contributed by atoms with Gasteiger partial charge in [-0.2, -0.15) is 0 Å². The van der Waals surface area contributed by atoms with Crippen LogP contribution in [0.2, 0.25) is 0 Å². The van der Waals surface area contributed by atoms with Crippen molar-refractivity contribution in [2.45, 2.75) is 58.0 Å². The zero-order valence-corrected chi connectivity index (χ0v) is 14.2. The largest absolute Gasteiger partial charge is 0.335 e. The summed E-state index contributed by atoms with van der Waals surface area (Å²) in [7, 11) is 0. The van der Waals surface area contributed by atoms with Crippen molar-refractivity contribution in [3.63, 3.8) is 0 Å². The average molecular weight is 325 g/mol. The van der Waals surface area contributed by atoms with Crippen molar-refractivity contribution in [1.29, 1.82) is 0 Å². The first-order valence-electron chi connectivity index (χ1n) is 8.69. The molecule has 4 amide bonds. The third kappa shape index (κ3) is 5.20. The fourth-order valence-electron chi connectivity index (χ4n) is 3.42. The van der Waals surface area contributed by atoms with Crippen molar-refractivity contribution < 1.29 is 19.3 Å². The van der Waals surface area contributed by atoms with E-state index in [1.165, 1.54) is 6.42 Å². The van der Waals surface area contributed by atoms with Crippen LogP contribution in [0.5, 0.6) is 0 Å². The summed E-state index contributed by atoms with van der Waals surface area (Å²) < 4.78 is 0. The van der Waals surface area contributed by atoms with E-state index < -0.39 is 0 Å². The van der Waals surface area contributed by atoms with Crippen molar-refractivity contribution in [2.75, 3.05) is 26.2 Å². The lowest BCUT2D eigenvalue weighted by Crippen LogP contribution is -3.19. The summed E-state index contributed by atoms with van der Waals surface area (Å²) >= 11 is 0. The summed E-state index contributed by atoms with van der Waals surface area (Å²) in [5.41, 5.74) is 0. The molecular formula is C16H29N4O3+. The van der Waals surface area contributed by atoms with Gasteiger partial charge in [-0.15, -0.1) is 0 Å².